The highest BCUT2D eigenvalue weighted by molar-refractivity contribution is 5.62. The van der Waals surface area contributed by atoms with Crippen LogP contribution in [0.2, 0.25) is 0 Å². The van der Waals surface area contributed by atoms with E-state index in [0.717, 1.165) is 0 Å². The van der Waals surface area contributed by atoms with Gasteiger partial charge >= 0.3 is 0 Å². The minimum atomic E-state index is -0.945. The Kier molecular flexibility index (Phi) is 3.57. The molecule has 4 N–H and O–H groups in total. The Morgan fingerprint density at radius 3 is 2.37 bits per heavy atom. The van der Waals surface area contributed by atoms with Crippen LogP contribution >= 0.6 is 0 Å². The van der Waals surface area contributed by atoms with Gasteiger partial charge in [-0.1, -0.05) is 12.1 Å². The molecule has 0 atom stereocenters. The van der Waals surface area contributed by atoms with Gasteiger partial charge in [-0.2, -0.15) is 0 Å². The van der Waals surface area contributed by atoms with Gasteiger partial charge in [0, 0.05) is 6.07 Å². The van der Waals surface area contributed by atoms with Crippen LogP contribution in [0.4, 0.5) is 30.5 Å². The molecule has 1 aromatic heterocycles. The molecule has 0 radical (unpaired) electrons. The van der Waals surface area contributed by atoms with Crippen LogP contribution < -0.4 is 16.6 Å². The average Bonchev–Trinajstić information content (AvgIpc) is 2.36. The molecule has 0 saturated heterocycles. The first kappa shape index (κ1) is 13.2. The maximum atomic E-state index is 13.6. The average molecular weight is 268 g/mol. The van der Waals surface area contributed by atoms with Crippen molar-refractivity contribution >= 4 is 17.3 Å². The number of rotatable bonds is 3. The van der Waals surface area contributed by atoms with Gasteiger partial charge in [0.05, 0.1) is 5.69 Å². The lowest BCUT2D eigenvalue weighted by atomic mass is 10.2. The summed E-state index contributed by atoms with van der Waals surface area (Å²) in [4.78, 5) is 3.60. The molecule has 7 heteroatoms. The number of nitrogens with zero attached hydrogens (tertiary/aromatic N) is 1. The molecule has 0 saturated carbocycles. The van der Waals surface area contributed by atoms with Crippen molar-refractivity contribution in [3.63, 3.8) is 0 Å². The highest BCUT2D eigenvalue weighted by atomic mass is 19.1. The molecule has 100 valence electrons. The molecule has 1 aromatic carbocycles. The van der Waals surface area contributed by atoms with Crippen molar-refractivity contribution in [2.24, 2.45) is 5.84 Å². The number of anilines is 3. The predicted octanol–water partition coefficient (Wildman–Crippen LogP) is 2.84. The Hall–Kier alpha value is -2.28. The van der Waals surface area contributed by atoms with E-state index >= 15 is 0 Å². The Morgan fingerprint density at radius 1 is 1.05 bits per heavy atom. The number of para-hydroxylation sites is 1. The lowest BCUT2D eigenvalue weighted by Gasteiger charge is -2.12. The number of hydrogen-bond donors (Lipinski definition) is 3. The number of nitrogens with one attached hydrogen (secondary N) is 2. The number of halogens is 3. The number of aromatic nitrogens is 1. The summed E-state index contributed by atoms with van der Waals surface area (Å²) in [5.74, 6) is 1.95. The standard InChI is InChI=1S/C12H11F3N4/c1-6-3-2-4-7(13)10(6)17-11-8(14)5-9(15)12(18-11)19-16/h2-5H,16H2,1H3,(H2,17,18,19). The second kappa shape index (κ2) is 5.15. The van der Waals surface area contributed by atoms with Crippen LogP contribution in [-0.4, -0.2) is 4.98 Å². The van der Waals surface area contributed by atoms with Gasteiger partial charge in [-0.15, -0.1) is 0 Å². The van der Waals surface area contributed by atoms with E-state index in [9.17, 15) is 13.2 Å². The summed E-state index contributed by atoms with van der Waals surface area (Å²) in [6.07, 6.45) is 0. The minimum absolute atomic E-state index is 0.0727. The Labute approximate surface area is 107 Å². The number of nitrogen functional groups attached to an aromatic ring is 1. The molecular weight excluding hydrogens is 257 g/mol. The highest BCUT2D eigenvalue weighted by Gasteiger charge is 2.14. The Morgan fingerprint density at radius 2 is 1.74 bits per heavy atom. The largest absolute Gasteiger partial charge is 0.335 e. The smallest absolute Gasteiger partial charge is 0.178 e. The van der Waals surface area contributed by atoms with E-state index in [1.165, 1.54) is 12.1 Å². The predicted molar refractivity (Wildman–Crippen MR) is 66.4 cm³/mol. The number of pyridine rings is 1. The first-order valence-electron chi connectivity index (χ1n) is 5.37. The lowest BCUT2D eigenvalue weighted by molar-refractivity contribution is 0.579. The van der Waals surface area contributed by atoms with E-state index in [4.69, 9.17) is 5.84 Å². The normalized spacial score (nSPS) is 10.4. The van der Waals surface area contributed by atoms with E-state index in [0.29, 0.717) is 11.6 Å². The van der Waals surface area contributed by atoms with Crippen molar-refractivity contribution in [1.82, 2.24) is 4.98 Å². The third-order valence-electron chi connectivity index (χ3n) is 2.53. The summed E-state index contributed by atoms with van der Waals surface area (Å²) >= 11 is 0. The molecule has 4 nitrogen and oxygen atoms in total. The molecule has 2 aromatic rings. The third-order valence-corrected chi connectivity index (χ3v) is 2.53. The molecule has 19 heavy (non-hydrogen) atoms. The minimum Gasteiger partial charge on any atom is -0.335 e. The highest BCUT2D eigenvalue weighted by Crippen LogP contribution is 2.26. The molecule has 2 rings (SSSR count). The van der Waals surface area contributed by atoms with Crippen LogP contribution in [0.15, 0.2) is 24.3 Å². The molecule has 0 amide bonds. The molecule has 0 fully saturated rings. The molecule has 0 aliphatic heterocycles. The second-order valence-electron chi connectivity index (χ2n) is 3.85. The lowest BCUT2D eigenvalue weighted by Crippen LogP contribution is -2.12. The van der Waals surface area contributed by atoms with Crippen LogP contribution in [0.25, 0.3) is 0 Å². The van der Waals surface area contributed by atoms with Crippen molar-refractivity contribution < 1.29 is 13.2 Å². The van der Waals surface area contributed by atoms with E-state index in [2.05, 4.69) is 10.3 Å². The quantitative estimate of drug-likeness (QED) is 0.591. The number of hydrazine groups is 1. The Bertz CT molecular complexity index is 596. The van der Waals surface area contributed by atoms with Crippen molar-refractivity contribution in [2.45, 2.75) is 6.92 Å². The van der Waals surface area contributed by atoms with E-state index in [1.807, 2.05) is 5.43 Å². The molecule has 1 heterocycles. The molecule has 0 aliphatic rings. The van der Waals surface area contributed by atoms with Crippen LogP contribution in [0.1, 0.15) is 5.56 Å². The first-order valence-corrected chi connectivity index (χ1v) is 5.37. The SMILES string of the molecule is Cc1cccc(F)c1Nc1nc(NN)c(F)cc1F. The summed E-state index contributed by atoms with van der Waals surface area (Å²) < 4.78 is 40.3. The second-order valence-corrected chi connectivity index (χ2v) is 3.85. The zero-order valence-electron chi connectivity index (χ0n) is 9.97. The van der Waals surface area contributed by atoms with E-state index < -0.39 is 17.5 Å². The van der Waals surface area contributed by atoms with Crippen molar-refractivity contribution in [2.75, 3.05) is 10.7 Å². The zero-order valence-corrected chi connectivity index (χ0v) is 9.97. The van der Waals surface area contributed by atoms with Crippen LogP contribution in [0, 0.1) is 24.4 Å². The van der Waals surface area contributed by atoms with Crippen LogP contribution in [0.3, 0.4) is 0 Å². The van der Waals surface area contributed by atoms with Gasteiger partial charge in [0.25, 0.3) is 0 Å². The van der Waals surface area contributed by atoms with Gasteiger partial charge in [0.2, 0.25) is 0 Å². The maximum Gasteiger partial charge on any atom is 0.178 e. The summed E-state index contributed by atoms with van der Waals surface area (Å²) in [7, 11) is 0. The summed E-state index contributed by atoms with van der Waals surface area (Å²) in [5.41, 5.74) is 2.63. The van der Waals surface area contributed by atoms with Gasteiger partial charge in [0.1, 0.15) is 5.82 Å². The third kappa shape index (κ3) is 2.60. The zero-order chi connectivity index (χ0) is 14.0. The summed E-state index contributed by atoms with van der Waals surface area (Å²) in [6, 6.07) is 5.01. The molecule has 0 spiro atoms. The van der Waals surface area contributed by atoms with Gasteiger partial charge < -0.3 is 10.7 Å². The van der Waals surface area contributed by atoms with E-state index in [-0.39, 0.29) is 17.3 Å². The van der Waals surface area contributed by atoms with Crippen molar-refractivity contribution in [1.29, 1.82) is 0 Å². The topological polar surface area (TPSA) is 63.0 Å². The molecule has 0 aliphatic carbocycles. The first-order chi connectivity index (χ1) is 9.02. The van der Waals surface area contributed by atoms with Crippen LogP contribution in [0.5, 0.6) is 0 Å². The van der Waals surface area contributed by atoms with E-state index in [1.54, 1.807) is 13.0 Å². The van der Waals surface area contributed by atoms with Gasteiger partial charge in [0.15, 0.2) is 23.3 Å². The van der Waals surface area contributed by atoms with Gasteiger partial charge in [-0.3, -0.25) is 0 Å². The van der Waals surface area contributed by atoms with Crippen molar-refractivity contribution in [3.05, 3.63) is 47.3 Å². The summed E-state index contributed by atoms with van der Waals surface area (Å²) in [6.45, 7) is 1.65. The fourth-order valence-corrected chi connectivity index (χ4v) is 1.56. The van der Waals surface area contributed by atoms with Gasteiger partial charge in [-0.05, 0) is 18.6 Å². The molecule has 0 bridgehead atoms. The van der Waals surface area contributed by atoms with Gasteiger partial charge in [-0.25, -0.2) is 24.0 Å². The fourth-order valence-electron chi connectivity index (χ4n) is 1.56. The fraction of sp³-hybridized carbons (Fsp3) is 0.0833. The molecule has 0 unspecified atom stereocenters. The Balaban J connectivity index is 2.44. The van der Waals surface area contributed by atoms with Crippen molar-refractivity contribution in [3.8, 4) is 0 Å². The molecular formula is C12H11F3N4. The van der Waals surface area contributed by atoms with Crippen LogP contribution in [-0.2, 0) is 0 Å². The summed E-state index contributed by atoms with van der Waals surface area (Å²) in [5, 5.41) is 2.49. The number of aryl methyl sites for hydroxylation is 1. The number of nitrogens with two attached hydrogens (primary N) is 1. The number of benzene rings is 1. The number of hydrogen-bond acceptors (Lipinski definition) is 4. The monoisotopic (exact) mass is 268 g/mol. The maximum absolute atomic E-state index is 13.6.